The molecule has 2 heterocycles. The second-order valence-electron chi connectivity index (χ2n) is 3.94. The molecular weight excluding hydrogens is 218 g/mol. The summed E-state index contributed by atoms with van der Waals surface area (Å²) in [6.45, 7) is 2.64. The van der Waals surface area contributed by atoms with Crippen molar-refractivity contribution < 1.29 is 4.79 Å². The number of nitrogens with two attached hydrogens (primary N) is 1. The van der Waals surface area contributed by atoms with Gasteiger partial charge in [0, 0.05) is 19.2 Å². The smallest absolute Gasteiger partial charge is 0.243 e. The molecule has 6 nitrogen and oxygen atoms in total. The lowest BCUT2D eigenvalue weighted by Crippen LogP contribution is -2.13. The van der Waals surface area contributed by atoms with Crippen molar-refractivity contribution in [2.45, 2.75) is 19.8 Å². The molecule has 1 amide bonds. The summed E-state index contributed by atoms with van der Waals surface area (Å²) >= 11 is 0. The van der Waals surface area contributed by atoms with Crippen molar-refractivity contribution in [3.8, 4) is 0 Å². The largest absolute Gasteiger partial charge is 0.370 e. The highest BCUT2D eigenvalue weighted by Crippen LogP contribution is 2.07. The third kappa shape index (κ3) is 2.93. The summed E-state index contributed by atoms with van der Waals surface area (Å²) in [6, 6.07) is 3.90. The van der Waals surface area contributed by atoms with Crippen LogP contribution in [0.3, 0.4) is 0 Å². The number of pyridine rings is 1. The van der Waals surface area contributed by atoms with Gasteiger partial charge in [0.2, 0.25) is 11.9 Å². The second-order valence-corrected chi connectivity index (χ2v) is 3.94. The first-order valence-electron chi connectivity index (χ1n) is 5.50. The Bertz CT molecular complexity index is 534. The Balaban J connectivity index is 1.97. The maximum atomic E-state index is 10.5. The number of nitrogens with zero attached hydrogens (tertiary/aromatic N) is 3. The highest BCUT2D eigenvalue weighted by atomic mass is 16.1. The number of nitrogens with one attached hydrogen (secondary N) is 1. The van der Waals surface area contributed by atoms with Crippen LogP contribution in [0.5, 0.6) is 0 Å². The molecular formula is C11H15N5O. The highest BCUT2D eigenvalue weighted by molar-refractivity contribution is 5.73. The number of aromatic nitrogens is 3. The predicted molar refractivity (Wildman–Crippen MR) is 64.6 cm³/mol. The maximum absolute atomic E-state index is 10.5. The molecule has 3 N–H and O–H groups in total. The van der Waals surface area contributed by atoms with Crippen LogP contribution >= 0.6 is 0 Å². The van der Waals surface area contributed by atoms with Gasteiger partial charge in [0.15, 0.2) is 5.65 Å². The monoisotopic (exact) mass is 233 g/mol. The van der Waals surface area contributed by atoms with E-state index < -0.39 is 0 Å². The van der Waals surface area contributed by atoms with Crippen LogP contribution in [0.4, 0.5) is 5.95 Å². The summed E-state index contributed by atoms with van der Waals surface area (Å²) in [5.41, 5.74) is 6.97. The number of amides is 1. The fourth-order valence-electron chi connectivity index (χ4n) is 1.52. The van der Waals surface area contributed by atoms with Gasteiger partial charge < -0.3 is 11.1 Å². The quantitative estimate of drug-likeness (QED) is 0.745. The van der Waals surface area contributed by atoms with Crippen LogP contribution in [0.25, 0.3) is 5.65 Å². The molecule has 0 radical (unpaired) electrons. The SMILES string of the molecule is Cc1ccc2nc(NCCCC(N)=O)nn2c1. The molecule has 0 saturated carbocycles. The average Bonchev–Trinajstić information content (AvgIpc) is 2.66. The molecule has 90 valence electrons. The third-order valence-corrected chi connectivity index (χ3v) is 2.36. The summed E-state index contributed by atoms with van der Waals surface area (Å²) in [4.78, 5) is 14.8. The van der Waals surface area contributed by atoms with E-state index in [1.807, 2.05) is 25.3 Å². The number of rotatable bonds is 5. The minimum atomic E-state index is -0.287. The van der Waals surface area contributed by atoms with Crippen LogP contribution in [0.1, 0.15) is 18.4 Å². The van der Waals surface area contributed by atoms with Crippen LogP contribution in [-0.2, 0) is 4.79 Å². The van der Waals surface area contributed by atoms with Crippen molar-refractivity contribution in [1.29, 1.82) is 0 Å². The van der Waals surface area contributed by atoms with E-state index in [1.165, 1.54) is 0 Å². The van der Waals surface area contributed by atoms with Gasteiger partial charge in [-0.2, -0.15) is 4.98 Å². The second kappa shape index (κ2) is 4.82. The Morgan fingerprint density at radius 1 is 1.53 bits per heavy atom. The lowest BCUT2D eigenvalue weighted by atomic mass is 10.3. The van der Waals surface area contributed by atoms with Crippen molar-refractivity contribution in [2.75, 3.05) is 11.9 Å². The van der Waals surface area contributed by atoms with Crippen molar-refractivity contribution >= 4 is 17.5 Å². The van der Waals surface area contributed by atoms with E-state index in [-0.39, 0.29) is 5.91 Å². The number of carbonyl (C=O) groups excluding carboxylic acids is 1. The first-order chi connectivity index (χ1) is 8.15. The molecule has 0 unspecified atom stereocenters. The van der Waals surface area contributed by atoms with Crippen LogP contribution in [0.2, 0.25) is 0 Å². The molecule has 0 atom stereocenters. The topological polar surface area (TPSA) is 85.3 Å². The van der Waals surface area contributed by atoms with Gasteiger partial charge in [0.05, 0.1) is 0 Å². The number of anilines is 1. The van der Waals surface area contributed by atoms with Crippen molar-refractivity contribution in [1.82, 2.24) is 14.6 Å². The standard InChI is InChI=1S/C11H15N5O/c1-8-4-5-10-14-11(15-16(10)7-8)13-6-2-3-9(12)17/h4-5,7H,2-3,6H2,1H3,(H2,12,17)(H,13,15). The number of aryl methyl sites for hydroxylation is 1. The number of carbonyl (C=O) groups is 1. The van der Waals surface area contributed by atoms with Crippen molar-refractivity contribution in [3.05, 3.63) is 23.9 Å². The van der Waals surface area contributed by atoms with E-state index in [9.17, 15) is 4.79 Å². The molecule has 2 rings (SSSR count). The van der Waals surface area contributed by atoms with Gasteiger partial charge in [-0.3, -0.25) is 4.79 Å². The van der Waals surface area contributed by atoms with Crippen LogP contribution in [0.15, 0.2) is 18.3 Å². The molecule has 0 fully saturated rings. The van der Waals surface area contributed by atoms with Crippen LogP contribution in [-0.4, -0.2) is 27.0 Å². The number of primary amides is 1. The molecule has 2 aromatic heterocycles. The zero-order valence-corrected chi connectivity index (χ0v) is 9.68. The summed E-state index contributed by atoms with van der Waals surface area (Å²) in [5.74, 6) is 0.283. The summed E-state index contributed by atoms with van der Waals surface area (Å²) in [6.07, 6.45) is 2.97. The normalized spacial score (nSPS) is 10.6. The molecule has 17 heavy (non-hydrogen) atoms. The van der Waals surface area contributed by atoms with E-state index in [2.05, 4.69) is 15.4 Å². The lowest BCUT2D eigenvalue weighted by Gasteiger charge is -1.98. The molecule has 0 saturated heterocycles. The fraction of sp³-hybridized carbons (Fsp3) is 0.364. The lowest BCUT2D eigenvalue weighted by molar-refractivity contribution is -0.118. The summed E-state index contributed by atoms with van der Waals surface area (Å²) in [7, 11) is 0. The van der Waals surface area contributed by atoms with E-state index >= 15 is 0 Å². The molecule has 0 aliphatic carbocycles. The van der Waals surface area contributed by atoms with Gasteiger partial charge in [-0.15, -0.1) is 5.10 Å². The van der Waals surface area contributed by atoms with E-state index in [0.29, 0.717) is 25.3 Å². The molecule has 0 aromatic carbocycles. The Hall–Kier alpha value is -2.11. The van der Waals surface area contributed by atoms with Crippen LogP contribution in [0, 0.1) is 6.92 Å². The molecule has 2 aromatic rings. The van der Waals surface area contributed by atoms with Crippen molar-refractivity contribution in [2.24, 2.45) is 5.73 Å². The van der Waals surface area contributed by atoms with Gasteiger partial charge >= 0.3 is 0 Å². The summed E-state index contributed by atoms with van der Waals surface area (Å²) < 4.78 is 1.73. The zero-order chi connectivity index (χ0) is 12.3. The zero-order valence-electron chi connectivity index (χ0n) is 9.68. The van der Waals surface area contributed by atoms with E-state index in [4.69, 9.17) is 5.73 Å². The Morgan fingerprint density at radius 3 is 3.12 bits per heavy atom. The highest BCUT2D eigenvalue weighted by Gasteiger charge is 2.02. The molecule has 0 aliphatic heterocycles. The fourth-order valence-corrected chi connectivity index (χ4v) is 1.52. The average molecular weight is 233 g/mol. The predicted octanol–water partition coefficient (Wildman–Crippen LogP) is 0.715. The minimum absolute atomic E-state index is 0.287. The Morgan fingerprint density at radius 2 is 2.35 bits per heavy atom. The third-order valence-electron chi connectivity index (χ3n) is 2.36. The first kappa shape index (κ1) is 11.4. The molecule has 0 aliphatic rings. The molecule has 0 bridgehead atoms. The van der Waals surface area contributed by atoms with Crippen molar-refractivity contribution in [3.63, 3.8) is 0 Å². The van der Waals surface area contributed by atoms with Gasteiger partial charge in [-0.25, -0.2) is 4.52 Å². The number of fused-ring (bicyclic) bond motifs is 1. The van der Waals surface area contributed by atoms with E-state index in [0.717, 1.165) is 11.2 Å². The van der Waals surface area contributed by atoms with E-state index in [1.54, 1.807) is 4.52 Å². The number of hydrogen-bond acceptors (Lipinski definition) is 4. The van der Waals surface area contributed by atoms with Gasteiger partial charge in [0.25, 0.3) is 0 Å². The van der Waals surface area contributed by atoms with Gasteiger partial charge in [0.1, 0.15) is 0 Å². The molecule has 6 heteroatoms. The molecule has 0 spiro atoms. The first-order valence-corrected chi connectivity index (χ1v) is 5.50. The summed E-state index contributed by atoms with van der Waals surface area (Å²) in [5, 5.41) is 7.33. The maximum Gasteiger partial charge on any atom is 0.243 e. The minimum Gasteiger partial charge on any atom is -0.370 e. The number of hydrogen-bond donors (Lipinski definition) is 2. The van der Waals surface area contributed by atoms with Gasteiger partial charge in [-0.05, 0) is 25.0 Å². The van der Waals surface area contributed by atoms with Crippen LogP contribution < -0.4 is 11.1 Å². The Kier molecular flexibility index (Phi) is 3.22. The Labute approximate surface area is 98.8 Å². The van der Waals surface area contributed by atoms with Gasteiger partial charge in [-0.1, -0.05) is 6.07 Å².